The molecule has 0 N–H and O–H groups in total. The zero-order chi connectivity index (χ0) is 17.9. The van der Waals surface area contributed by atoms with E-state index in [-0.39, 0.29) is 16.5 Å². The predicted octanol–water partition coefficient (Wildman–Crippen LogP) is 6.27. The number of ether oxygens (including phenoxy) is 1. The van der Waals surface area contributed by atoms with Crippen molar-refractivity contribution < 1.29 is 4.74 Å². The van der Waals surface area contributed by atoms with Gasteiger partial charge in [-0.2, -0.15) is 0 Å². The molecule has 0 aromatic heterocycles. The average molecular weight is 350 g/mol. The standard InChI is InChI=1S/C23H25OS/c1-18-15-19(24-23(2,3)4)17-22(16-18)25(20-11-7-5-8-12-20)21-13-9-6-10-14-21/h5-17H,1-4H3/q+1. The Morgan fingerprint density at radius 2 is 1.20 bits per heavy atom. The molecule has 0 atom stereocenters. The van der Waals surface area contributed by atoms with E-state index in [1.165, 1.54) is 20.2 Å². The molecule has 128 valence electrons. The molecule has 0 saturated heterocycles. The average Bonchev–Trinajstić information content (AvgIpc) is 2.55. The fourth-order valence-corrected chi connectivity index (χ4v) is 4.98. The summed E-state index contributed by atoms with van der Waals surface area (Å²) in [5, 5.41) is 0. The second-order valence-electron chi connectivity index (χ2n) is 7.13. The van der Waals surface area contributed by atoms with Gasteiger partial charge in [0.15, 0.2) is 14.7 Å². The van der Waals surface area contributed by atoms with Crippen molar-refractivity contribution in [2.45, 2.75) is 48.0 Å². The Balaban J connectivity index is 2.11. The Bertz CT molecular complexity index is 780. The van der Waals surface area contributed by atoms with Crippen molar-refractivity contribution >= 4 is 10.9 Å². The van der Waals surface area contributed by atoms with Gasteiger partial charge in [0.2, 0.25) is 0 Å². The highest BCUT2D eigenvalue weighted by molar-refractivity contribution is 7.97. The fraction of sp³-hybridized carbons (Fsp3) is 0.217. The molecule has 0 aliphatic carbocycles. The molecule has 0 saturated carbocycles. The second kappa shape index (κ2) is 7.37. The molecule has 0 bridgehead atoms. The highest BCUT2D eigenvalue weighted by atomic mass is 32.2. The van der Waals surface area contributed by atoms with Gasteiger partial charge < -0.3 is 4.74 Å². The first kappa shape index (κ1) is 17.6. The van der Waals surface area contributed by atoms with Crippen molar-refractivity contribution in [2.75, 3.05) is 0 Å². The van der Waals surface area contributed by atoms with E-state index >= 15 is 0 Å². The van der Waals surface area contributed by atoms with Crippen molar-refractivity contribution in [3.05, 3.63) is 84.4 Å². The van der Waals surface area contributed by atoms with Gasteiger partial charge in [-0.05, 0) is 69.7 Å². The third kappa shape index (κ3) is 4.67. The van der Waals surface area contributed by atoms with Gasteiger partial charge in [0, 0.05) is 6.07 Å². The summed E-state index contributed by atoms with van der Waals surface area (Å²) in [4.78, 5) is 3.93. The number of benzene rings is 3. The highest BCUT2D eigenvalue weighted by Crippen LogP contribution is 2.34. The maximum Gasteiger partial charge on any atom is 0.170 e. The quantitative estimate of drug-likeness (QED) is 0.505. The Kier molecular flexibility index (Phi) is 5.19. The fourth-order valence-electron chi connectivity index (χ4n) is 2.77. The van der Waals surface area contributed by atoms with Gasteiger partial charge in [-0.15, -0.1) is 0 Å². The zero-order valence-corrected chi connectivity index (χ0v) is 16.1. The van der Waals surface area contributed by atoms with Crippen LogP contribution in [0.4, 0.5) is 0 Å². The molecule has 0 radical (unpaired) electrons. The van der Waals surface area contributed by atoms with Crippen molar-refractivity contribution in [2.24, 2.45) is 0 Å². The molecule has 3 rings (SSSR count). The van der Waals surface area contributed by atoms with E-state index in [9.17, 15) is 0 Å². The summed E-state index contributed by atoms with van der Waals surface area (Å²) in [6.07, 6.45) is 0. The van der Waals surface area contributed by atoms with Crippen LogP contribution in [-0.2, 0) is 10.9 Å². The van der Waals surface area contributed by atoms with Crippen LogP contribution in [0.2, 0.25) is 0 Å². The largest absolute Gasteiger partial charge is 0.488 e. The van der Waals surface area contributed by atoms with E-state index < -0.39 is 0 Å². The van der Waals surface area contributed by atoms with Gasteiger partial charge in [-0.25, -0.2) is 0 Å². The van der Waals surface area contributed by atoms with Crippen LogP contribution < -0.4 is 4.74 Å². The Morgan fingerprint density at radius 3 is 1.68 bits per heavy atom. The lowest BCUT2D eigenvalue weighted by molar-refractivity contribution is 0.130. The molecular weight excluding hydrogens is 324 g/mol. The lowest BCUT2D eigenvalue weighted by atomic mass is 10.2. The molecule has 3 aromatic carbocycles. The first-order valence-electron chi connectivity index (χ1n) is 8.57. The topological polar surface area (TPSA) is 9.23 Å². The number of rotatable bonds is 4. The van der Waals surface area contributed by atoms with E-state index in [1.807, 2.05) is 0 Å². The van der Waals surface area contributed by atoms with Crippen LogP contribution in [0, 0.1) is 6.92 Å². The molecule has 25 heavy (non-hydrogen) atoms. The first-order chi connectivity index (χ1) is 11.9. The van der Waals surface area contributed by atoms with Crippen LogP contribution in [0.5, 0.6) is 5.75 Å². The predicted molar refractivity (Wildman–Crippen MR) is 107 cm³/mol. The molecule has 1 nitrogen and oxygen atoms in total. The SMILES string of the molecule is Cc1cc(OC(C)(C)C)cc([S+](c2ccccc2)c2ccccc2)c1. The summed E-state index contributed by atoms with van der Waals surface area (Å²) in [7, 11) is -0.144. The summed E-state index contributed by atoms with van der Waals surface area (Å²) in [5.74, 6) is 0.937. The van der Waals surface area contributed by atoms with Crippen LogP contribution in [0.25, 0.3) is 0 Å². The Hall–Kier alpha value is -2.19. The molecule has 0 unspecified atom stereocenters. The van der Waals surface area contributed by atoms with Gasteiger partial charge in [0.25, 0.3) is 0 Å². The number of aryl methyl sites for hydroxylation is 1. The Labute approximate surface area is 154 Å². The normalized spacial score (nSPS) is 11.6. The third-order valence-corrected chi connectivity index (χ3v) is 5.84. The molecule has 3 aromatic rings. The Morgan fingerprint density at radius 1 is 0.680 bits per heavy atom. The maximum atomic E-state index is 6.15. The summed E-state index contributed by atoms with van der Waals surface area (Å²) in [6, 6.07) is 28.0. The van der Waals surface area contributed by atoms with Gasteiger partial charge >= 0.3 is 0 Å². The van der Waals surface area contributed by atoms with Crippen LogP contribution in [0.1, 0.15) is 26.3 Å². The zero-order valence-electron chi connectivity index (χ0n) is 15.3. The van der Waals surface area contributed by atoms with Gasteiger partial charge in [0.1, 0.15) is 11.4 Å². The summed E-state index contributed by atoms with van der Waals surface area (Å²) in [6.45, 7) is 8.39. The summed E-state index contributed by atoms with van der Waals surface area (Å²) in [5.41, 5.74) is 1.02. The van der Waals surface area contributed by atoms with E-state index in [2.05, 4.69) is 107 Å². The maximum absolute atomic E-state index is 6.15. The molecule has 0 aliphatic rings. The van der Waals surface area contributed by atoms with Crippen LogP contribution in [0.3, 0.4) is 0 Å². The summed E-state index contributed by atoms with van der Waals surface area (Å²) >= 11 is 0. The monoisotopic (exact) mass is 349 g/mol. The minimum absolute atomic E-state index is 0.144. The second-order valence-corrected chi connectivity index (χ2v) is 9.16. The van der Waals surface area contributed by atoms with E-state index in [0.29, 0.717) is 0 Å². The van der Waals surface area contributed by atoms with Gasteiger partial charge in [0.05, 0.1) is 10.9 Å². The smallest absolute Gasteiger partial charge is 0.170 e. The molecular formula is C23H25OS+. The molecule has 0 fully saturated rings. The number of hydrogen-bond donors (Lipinski definition) is 0. The molecule has 0 aliphatic heterocycles. The number of hydrogen-bond acceptors (Lipinski definition) is 1. The van der Waals surface area contributed by atoms with Crippen molar-refractivity contribution in [3.63, 3.8) is 0 Å². The van der Waals surface area contributed by atoms with E-state index in [0.717, 1.165) is 5.75 Å². The highest BCUT2D eigenvalue weighted by Gasteiger charge is 2.29. The van der Waals surface area contributed by atoms with Gasteiger partial charge in [-0.3, -0.25) is 0 Å². The lowest BCUT2D eigenvalue weighted by Gasteiger charge is -2.22. The van der Waals surface area contributed by atoms with E-state index in [4.69, 9.17) is 4.74 Å². The van der Waals surface area contributed by atoms with Crippen LogP contribution in [-0.4, -0.2) is 5.60 Å². The minimum atomic E-state index is -0.205. The van der Waals surface area contributed by atoms with Crippen LogP contribution in [0.15, 0.2) is 93.5 Å². The molecule has 2 heteroatoms. The van der Waals surface area contributed by atoms with Crippen molar-refractivity contribution in [1.82, 2.24) is 0 Å². The van der Waals surface area contributed by atoms with E-state index in [1.54, 1.807) is 0 Å². The first-order valence-corrected chi connectivity index (χ1v) is 9.80. The molecule has 0 heterocycles. The molecule has 0 amide bonds. The van der Waals surface area contributed by atoms with Crippen molar-refractivity contribution in [3.8, 4) is 5.75 Å². The summed E-state index contributed by atoms with van der Waals surface area (Å²) < 4.78 is 6.15. The molecule has 0 spiro atoms. The van der Waals surface area contributed by atoms with Gasteiger partial charge in [-0.1, -0.05) is 36.4 Å². The lowest BCUT2D eigenvalue weighted by Crippen LogP contribution is -2.23. The van der Waals surface area contributed by atoms with Crippen molar-refractivity contribution in [1.29, 1.82) is 0 Å². The minimum Gasteiger partial charge on any atom is -0.488 e. The third-order valence-electron chi connectivity index (χ3n) is 3.64. The van der Waals surface area contributed by atoms with Crippen LogP contribution >= 0.6 is 0 Å².